The van der Waals surface area contributed by atoms with Crippen LogP contribution in [0.25, 0.3) is 0 Å². The Kier molecular flexibility index (Phi) is 4.33. The van der Waals surface area contributed by atoms with Gasteiger partial charge in [-0.05, 0) is 35.9 Å². The van der Waals surface area contributed by atoms with Gasteiger partial charge in [0, 0.05) is 4.47 Å². The smallest absolute Gasteiger partial charge is 0.123 e. The lowest BCUT2D eigenvalue weighted by molar-refractivity contribution is 0.290. The van der Waals surface area contributed by atoms with Crippen molar-refractivity contribution < 1.29 is 9.13 Å². The average Bonchev–Trinajstić information content (AvgIpc) is 2.37. The van der Waals surface area contributed by atoms with Crippen LogP contribution in [0, 0.1) is 5.82 Å². The Morgan fingerprint density at radius 3 is 2.56 bits per heavy atom. The molecule has 2 N–H and O–H groups in total. The zero-order valence-electron chi connectivity index (χ0n) is 9.64. The molecule has 0 aliphatic carbocycles. The highest BCUT2D eigenvalue weighted by Gasteiger charge is 2.07. The minimum atomic E-state index is -0.274. The van der Waals surface area contributed by atoms with Gasteiger partial charge in [0.05, 0.1) is 6.04 Å². The van der Waals surface area contributed by atoms with Crippen molar-refractivity contribution in [2.45, 2.75) is 6.04 Å². The average molecular weight is 310 g/mol. The summed E-state index contributed by atoms with van der Waals surface area (Å²) in [5.74, 6) is 0.487. The van der Waals surface area contributed by atoms with Gasteiger partial charge in [0.15, 0.2) is 0 Å². The summed E-state index contributed by atoms with van der Waals surface area (Å²) in [5, 5.41) is 0. The summed E-state index contributed by atoms with van der Waals surface area (Å²) in [7, 11) is 0. The van der Waals surface area contributed by atoms with Crippen LogP contribution in [-0.2, 0) is 0 Å². The van der Waals surface area contributed by atoms with E-state index in [0.29, 0.717) is 6.61 Å². The molecule has 94 valence electrons. The molecule has 2 nitrogen and oxygen atoms in total. The third kappa shape index (κ3) is 3.55. The molecule has 2 aromatic carbocycles. The quantitative estimate of drug-likeness (QED) is 0.935. The van der Waals surface area contributed by atoms with Crippen LogP contribution in [0.5, 0.6) is 5.75 Å². The maximum atomic E-state index is 12.8. The van der Waals surface area contributed by atoms with E-state index in [1.807, 2.05) is 24.3 Å². The van der Waals surface area contributed by atoms with E-state index < -0.39 is 0 Å². The first-order valence-corrected chi connectivity index (χ1v) is 6.34. The van der Waals surface area contributed by atoms with Crippen LogP contribution in [0.15, 0.2) is 53.0 Å². The summed E-state index contributed by atoms with van der Waals surface area (Å²) in [4.78, 5) is 0. The van der Waals surface area contributed by atoms with E-state index in [4.69, 9.17) is 10.5 Å². The monoisotopic (exact) mass is 309 g/mol. The molecule has 0 amide bonds. The van der Waals surface area contributed by atoms with Gasteiger partial charge in [-0.25, -0.2) is 4.39 Å². The van der Waals surface area contributed by atoms with Crippen molar-refractivity contribution in [3.05, 3.63) is 64.4 Å². The summed E-state index contributed by atoms with van der Waals surface area (Å²) >= 11 is 3.37. The molecule has 0 fully saturated rings. The fourth-order valence-electron chi connectivity index (χ4n) is 1.55. The van der Waals surface area contributed by atoms with Crippen LogP contribution < -0.4 is 10.5 Å². The minimum Gasteiger partial charge on any atom is -0.492 e. The summed E-state index contributed by atoms with van der Waals surface area (Å²) in [6.45, 7) is 0.349. The van der Waals surface area contributed by atoms with Crippen LogP contribution in [0.3, 0.4) is 0 Å². The van der Waals surface area contributed by atoms with Gasteiger partial charge in [-0.1, -0.05) is 34.1 Å². The fraction of sp³-hybridized carbons (Fsp3) is 0.143. The third-order valence-corrected chi connectivity index (χ3v) is 3.02. The van der Waals surface area contributed by atoms with E-state index in [1.165, 1.54) is 12.1 Å². The van der Waals surface area contributed by atoms with Gasteiger partial charge in [0.1, 0.15) is 18.2 Å². The fourth-order valence-corrected chi connectivity index (χ4v) is 1.93. The Morgan fingerprint density at radius 1 is 1.17 bits per heavy atom. The molecule has 0 aromatic heterocycles. The van der Waals surface area contributed by atoms with Crippen molar-refractivity contribution in [3.63, 3.8) is 0 Å². The molecule has 0 heterocycles. The van der Waals surface area contributed by atoms with Crippen LogP contribution >= 0.6 is 15.9 Å². The molecule has 0 bridgehead atoms. The number of nitrogens with two attached hydrogens (primary N) is 1. The van der Waals surface area contributed by atoms with Crippen molar-refractivity contribution in [1.82, 2.24) is 0 Å². The highest BCUT2D eigenvalue weighted by molar-refractivity contribution is 9.10. The first-order valence-electron chi connectivity index (χ1n) is 5.54. The molecule has 0 spiro atoms. The Balaban J connectivity index is 1.96. The second kappa shape index (κ2) is 5.98. The molecule has 4 heteroatoms. The summed E-state index contributed by atoms with van der Waals surface area (Å²) in [6, 6.07) is 13.4. The van der Waals surface area contributed by atoms with Gasteiger partial charge < -0.3 is 10.5 Å². The first-order chi connectivity index (χ1) is 8.65. The molecule has 1 unspecified atom stereocenters. The van der Waals surface area contributed by atoms with Gasteiger partial charge in [0.25, 0.3) is 0 Å². The van der Waals surface area contributed by atoms with Crippen molar-refractivity contribution in [2.24, 2.45) is 5.73 Å². The van der Waals surface area contributed by atoms with E-state index in [0.717, 1.165) is 15.8 Å². The Bertz CT molecular complexity index is 515. The molecule has 2 aromatic rings. The Hall–Kier alpha value is -1.39. The van der Waals surface area contributed by atoms with Gasteiger partial charge in [-0.3, -0.25) is 0 Å². The number of hydrogen-bond acceptors (Lipinski definition) is 2. The molecule has 0 aliphatic heterocycles. The lowest BCUT2D eigenvalue weighted by Crippen LogP contribution is -2.18. The van der Waals surface area contributed by atoms with Crippen molar-refractivity contribution in [3.8, 4) is 5.75 Å². The standard InChI is InChI=1S/C14H13BrFNO/c15-11-2-1-3-13(8-11)18-9-14(17)10-4-6-12(16)7-5-10/h1-8,14H,9,17H2. The normalized spacial score (nSPS) is 12.2. The number of benzene rings is 2. The topological polar surface area (TPSA) is 35.2 Å². The number of rotatable bonds is 4. The van der Waals surface area contributed by atoms with Crippen LogP contribution in [0.2, 0.25) is 0 Å². The predicted molar refractivity (Wildman–Crippen MR) is 73.0 cm³/mol. The molecule has 0 saturated carbocycles. The molecular formula is C14H13BrFNO. The zero-order valence-corrected chi connectivity index (χ0v) is 11.2. The number of ether oxygens (including phenoxy) is 1. The molecule has 0 aliphatic rings. The van der Waals surface area contributed by atoms with E-state index in [2.05, 4.69) is 15.9 Å². The van der Waals surface area contributed by atoms with Crippen LogP contribution in [0.4, 0.5) is 4.39 Å². The van der Waals surface area contributed by atoms with Crippen LogP contribution in [-0.4, -0.2) is 6.61 Å². The SMILES string of the molecule is NC(COc1cccc(Br)c1)c1ccc(F)cc1. The highest BCUT2D eigenvalue weighted by Crippen LogP contribution is 2.19. The predicted octanol–water partition coefficient (Wildman–Crippen LogP) is 3.67. The second-order valence-corrected chi connectivity index (χ2v) is 4.84. The van der Waals surface area contributed by atoms with E-state index in [1.54, 1.807) is 12.1 Å². The van der Waals surface area contributed by atoms with Gasteiger partial charge in [-0.15, -0.1) is 0 Å². The summed E-state index contributed by atoms with van der Waals surface area (Å²) < 4.78 is 19.3. The van der Waals surface area contributed by atoms with E-state index in [-0.39, 0.29) is 11.9 Å². The maximum absolute atomic E-state index is 12.8. The molecule has 0 radical (unpaired) electrons. The van der Waals surface area contributed by atoms with Crippen molar-refractivity contribution >= 4 is 15.9 Å². The number of halogens is 2. The van der Waals surface area contributed by atoms with Crippen LogP contribution in [0.1, 0.15) is 11.6 Å². The van der Waals surface area contributed by atoms with Crippen molar-refractivity contribution in [2.75, 3.05) is 6.61 Å². The lowest BCUT2D eigenvalue weighted by atomic mass is 10.1. The Labute approximate surface area is 114 Å². The highest BCUT2D eigenvalue weighted by atomic mass is 79.9. The van der Waals surface area contributed by atoms with E-state index in [9.17, 15) is 4.39 Å². The number of hydrogen-bond donors (Lipinski definition) is 1. The maximum Gasteiger partial charge on any atom is 0.123 e. The lowest BCUT2D eigenvalue weighted by Gasteiger charge is -2.13. The largest absolute Gasteiger partial charge is 0.492 e. The Morgan fingerprint density at radius 2 is 1.89 bits per heavy atom. The zero-order chi connectivity index (χ0) is 13.0. The van der Waals surface area contributed by atoms with E-state index >= 15 is 0 Å². The summed E-state index contributed by atoms with van der Waals surface area (Å²) in [6.07, 6.45) is 0. The van der Waals surface area contributed by atoms with Gasteiger partial charge in [0.2, 0.25) is 0 Å². The molecule has 2 rings (SSSR count). The molecule has 0 saturated heterocycles. The molecule has 1 atom stereocenters. The minimum absolute atomic E-state index is 0.265. The van der Waals surface area contributed by atoms with Gasteiger partial charge >= 0.3 is 0 Å². The molecule has 18 heavy (non-hydrogen) atoms. The first kappa shape index (κ1) is 13.1. The second-order valence-electron chi connectivity index (χ2n) is 3.93. The third-order valence-electron chi connectivity index (χ3n) is 2.52. The molecular weight excluding hydrogens is 297 g/mol. The van der Waals surface area contributed by atoms with Gasteiger partial charge in [-0.2, -0.15) is 0 Å². The van der Waals surface area contributed by atoms with Crippen molar-refractivity contribution in [1.29, 1.82) is 0 Å². The summed E-state index contributed by atoms with van der Waals surface area (Å²) in [5.41, 5.74) is 6.82.